The van der Waals surface area contributed by atoms with E-state index in [9.17, 15) is 13.2 Å². The van der Waals surface area contributed by atoms with Gasteiger partial charge in [-0.2, -0.15) is 9.40 Å². The molecule has 3 heterocycles. The minimum absolute atomic E-state index is 0.0814. The fourth-order valence-electron chi connectivity index (χ4n) is 4.12. The first-order chi connectivity index (χ1) is 16.5. The second kappa shape index (κ2) is 9.54. The molecule has 0 fully saturated rings. The summed E-state index contributed by atoms with van der Waals surface area (Å²) < 4.78 is 30.0. The average Bonchev–Trinajstić information content (AvgIpc) is 3.57. The predicted molar refractivity (Wildman–Crippen MR) is 132 cm³/mol. The van der Waals surface area contributed by atoms with Crippen molar-refractivity contribution in [2.75, 3.05) is 13.1 Å². The molecule has 34 heavy (non-hydrogen) atoms. The zero-order chi connectivity index (χ0) is 23.5. The van der Waals surface area contributed by atoms with Gasteiger partial charge in [0.1, 0.15) is 9.77 Å². The van der Waals surface area contributed by atoms with Gasteiger partial charge in [0.15, 0.2) is 0 Å². The summed E-state index contributed by atoms with van der Waals surface area (Å²) in [4.78, 5) is 13.2. The summed E-state index contributed by atoms with van der Waals surface area (Å²) in [6.07, 6.45) is 4.92. The monoisotopic (exact) mass is 492 g/mol. The minimum Gasteiger partial charge on any atom is -0.351 e. The zero-order valence-corrected chi connectivity index (χ0v) is 20.1. The van der Waals surface area contributed by atoms with Crippen LogP contribution < -0.4 is 5.32 Å². The van der Waals surface area contributed by atoms with Crippen LogP contribution in [0.4, 0.5) is 0 Å². The molecule has 1 N–H and O–H groups in total. The summed E-state index contributed by atoms with van der Waals surface area (Å²) in [7, 11) is -3.77. The lowest BCUT2D eigenvalue weighted by Gasteiger charge is -2.28. The molecule has 0 unspecified atom stereocenters. The first-order valence-electron chi connectivity index (χ1n) is 11.0. The third-order valence-electron chi connectivity index (χ3n) is 5.95. The number of carbonyl (C=O) groups is 1. The van der Waals surface area contributed by atoms with Crippen molar-refractivity contribution >= 4 is 27.3 Å². The van der Waals surface area contributed by atoms with E-state index >= 15 is 0 Å². The lowest BCUT2D eigenvalue weighted by atomic mass is 10.0. The van der Waals surface area contributed by atoms with Crippen LogP contribution in [0.5, 0.6) is 0 Å². The normalized spacial score (nSPS) is 14.0. The highest BCUT2D eigenvalue weighted by Gasteiger charge is 2.32. The highest BCUT2D eigenvalue weighted by Crippen LogP contribution is 2.29. The number of nitrogens with one attached hydrogen (secondary N) is 1. The van der Waals surface area contributed by atoms with E-state index in [1.54, 1.807) is 16.3 Å². The maximum Gasteiger partial charge on any atom is 0.262 e. The van der Waals surface area contributed by atoms with Gasteiger partial charge in [0.25, 0.3) is 5.91 Å². The number of hydrogen-bond donors (Lipinski definition) is 1. The quantitative estimate of drug-likeness (QED) is 0.427. The number of benzene rings is 2. The van der Waals surface area contributed by atoms with Crippen molar-refractivity contribution in [3.63, 3.8) is 0 Å². The van der Waals surface area contributed by atoms with Gasteiger partial charge >= 0.3 is 0 Å². The molecule has 0 atom stereocenters. The first-order valence-corrected chi connectivity index (χ1v) is 13.4. The molecule has 0 aliphatic carbocycles. The summed E-state index contributed by atoms with van der Waals surface area (Å²) in [5.74, 6) is -0.362. The van der Waals surface area contributed by atoms with E-state index in [1.807, 2.05) is 60.8 Å². The summed E-state index contributed by atoms with van der Waals surface area (Å²) >= 11 is 1.15. The van der Waals surface area contributed by atoms with Crippen LogP contribution in [0.1, 0.15) is 26.4 Å². The van der Waals surface area contributed by atoms with E-state index in [0.717, 1.165) is 28.2 Å². The van der Waals surface area contributed by atoms with Gasteiger partial charge in [-0.25, -0.2) is 13.1 Å². The Bertz CT molecular complexity index is 1390. The predicted octanol–water partition coefficient (Wildman–Crippen LogP) is 3.65. The number of hydrogen-bond acceptors (Lipinski definition) is 5. The van der Waals surface area contributed by atoms with Gasteiger partial charge in [-0.05, 0) is 59.2 Å². The van der Waals surface area contributed by atoms with Gasteiger partial charge in [0.2, 0.25) is 10.0 Å². The Morgan fingerprint density at radius 3 is 2.59 bits per heavy atom. The zero-order valence-electron chi connectivity index (χ0n) is 18.4. The number of rotatable bonds is 7. The molecule has 0 saturated carbocycles. The van der Waals surface area contributed by atoms with Crippen molar-refractivity contribution < 1.29 is 13.2 Å². The van der Waals surface area contributed by atoms with Gasteiger partial charge in [-0.1, -0.05) is 36.4 Å². The van der Waals surface area contributed by atoms with Crippen molar-refractivity contribution in [1.29, 1.82) is 0 Å². The van der Waals surface area contributed by atoms with Gasteiger partial charge in [0, 0.05) is 32.0 Å². The van der Waals surface area contributed by atoms with Gasteiger partial charge in [0.05, 0.1) is 5.69 Å². The molecule has 4 aromatic rings. The first kappa shape index (κ1) is 22.5. The number of aromatic nitrogens is 2. The number of thiophene rings is 1. The Labute approximate surface area is 202 Å². The summed E-state index contributed by atoms with van der Waals surface area (Å²) in [5.41, 5.74) is 4.22. The number of fused-ring (bicyclic) bond motifs is 1. The van der Waals surface area contributed by atoms with Gasteiger partial charge < -0.3 is 5.32 Å². The minimum atomic E-state index is -3.77. The second-order valence-electron chi connectivity index (χ2n) is 8.09. The van der Waals surface area contributed by atoms with Crippen LogP contribution in [-0.2, 0) is 29.4 Å². The van der Waals surface area contributed by atoms with E-state index in [1.165, 1.54) is 15.9 Å². The molecule has 2 aromatic carbocycles. The lowest BCUT2D eigenvalue weighted by Crippen LogP contribution is -2.37. The Kier molecular flexibility index (Phi) is 6.32. The Balaban J connectivity index is 1.23. The Morgan fingerprint density at radius 1 is 1.03 bits per heavy atom. The van der Waals surface area contributed by atoms with E-state index in [4.69, 9.17) is 0 Å². The molecule has 0 saturated heterocycles. The van der Waals surface area contributed by atoms with E-state index in [2.05, 4.69) is 10.4 Å². The van der Waals surface area contributed by atoms with E-state index in [-0.39, 0.29) is 15.7 Å². The van der Waals surface area contributed by atoms with Crippen LogP contribution in [0.25, 0.3) is 5.69 Å². The summed E-state index contributed by atoms with van der Waals surface area (Å²) in [5, 5.41) is 8.75. The average molecular weight is 493 g/mol. The van der Waals surface area contributed by atoms with Crippen LogP contribution in [0, 0.1) is 0 Å². The molecule has 7 nitrogen and oxygen atoms in total. The standard InChI is InChI=1S/C25H24N4O3S2/c30-25(26-14-10-19-6-8-22(9-7-19)29-15-3-13-27-29)24-23(12-17-33-24)34(31,32)28-16-11-20-4-1-2-5-21(20)18-28/h1-9,12-13,15,17H,10-11,14,16,18H2,(H,26,30). The fourth-order valence-corrected chi connectivity index (χ4v) is 6.85. The third-order valence-corrected chi connectivity index (χ3v) is 8.88. The maximum absolute atomic E-state index is 13.4. The summed E-state index contributed by atoms with van der Waals surface area (Å²) in [6.45, 7) is 1.14. The molecule has 1 aliphatic heterocycles. The lowest BCUT2D eigenvalue weighted by molar-refractivity contribution is 0.0955. The van der Waals surface area contributed by atoms with E-state index < -0.39 is 10.0 Å². The number of amides is 1. The molecule has 0 radical (unpaired) electrons. The molecule has 174 valence electrons. The van der Waals surface area contributed by atoms with Gasteiger partial charge in [-0.15, -0.1) is 11.3 Å². The molecule has 0 bridgehead atoms. The highest BCUT2D eigenvalue weighted by atomic mass is 32.2. The molecule has 1 aliphatic rings. The molecular formula is C25H24N4O3S2. The van der Waals surface area contributed by atoms with Crippen LogP contribution in [0.3, 0.4) is 0 Å². The van der Waals surface area contributed by atoms with Crippen LogP contribution in [-0.4, -0.2) is 41.5 Å². The van der Waals surface area contributed by atoms with Crippen molar-refractivity contribution in [1.82, 2.24) is 19.4 Å². The SMILES string of the molecule is O=C(NCCc1ccc(-n2cccn2)cc1)c1sccc1S(=O)(=O)N1CCc2ccccc2C1. The Morgan fingerprint density at radius 2 is 1.82 bits per heavy atom. The molecular weight excluding hydrogens is 468 g/mol. The van der Waals surface area contributed by atoms with Crippen LogP contribution in [0.2, 0.25) is 0 Å². The topological polar surface area (TPSA) is 84.3 Å². The molecule has 9 heteroatoms. The smallest absolute Gasteiger partial charge is 0.262 e. The molecule has 0 spiro atoms. The fraction of sp³-hybridized carbons (Fsp3) is 0.200. The van der Waals surface area contributed by atoms with Crippen LogP contribution >= 0.6 is 11.3 Å². The van der Waals surface area contributed by atoms with Gasteiger partial charge in [-0.3, -0.25) is 4.79 Å². The largest absolute Gasteiger partial charge is 0.351 e. The molecule has 2 aromatic heterocycles. The van der Waals surface area contributed by atoms with Crippen molar-refractivity contribution in [2.24, 2.45) is 0 Å². The Hall–Kier alpha value is -3.27. The van der Waals surface area contributed by atoms with Crippen molar-refractivity contribution in [3.05, 3.63) is 100 Å². The number of sulfonamides is 1. The molecule has 1 amide bonds. The number of carbonyl (C=O) groups excluding carboxylic acids is 1. The molecule has 5 rings (SSSR count). The van der Waals surface area contributed by atoms with Crippen LogP contribution in [0.15, 0.2) is 83.3 Å². The summed E-state index contributed by atoms with van der Waals surface area (Å²) in [6, 6.07) is 19.2. The van der Waals surface area contributed by atoms with Crippen molar-refractivity contribution in [3.8, 4) is 5.69 Å². The van der Waals surface area contributed by atoms with Crippen molar-refractivity contribution in [2.45, 2.75) is 24.3 Å². The highest BCUT2D eigenvalue weighted by molar-refractivity contribution is 7.89. The maximum atomic E-state index is 13.4. The second-order valence-corrected chi connectivity index (χ2v) is 10.9. The third kappa shape index (κ3) is 4.54. The number of nitrogens with zero attached hydrogens (tertiary/aromatic N) is 3. The van der Waals surface area contributed by atoms with E-state index in [0.29, 0.717) is 32.5 Å².